The molecule has 0 saturated carbocycles. The van der Waals surface area contributed by atoms with Crippen molar-refractivity contribution >= 4 is 21.6 Å². The number of rotatable bonds is 4. The van der Waals surface area contributed by atoms with Crippen LogP contribution in [0.15, 0.2) is 33.1 Å². The first-order chi connectivity index (χ1) is 10.5. The topological polar surface area (TPSA) is 77.7 Å². The number of hydrogen-bond donors (Lipinski definition) is 0. The molecule has 0 radical (unpaired) electrons. The van der Waals surface area contributed by atoms with Crippen LogP contribution in [-0.4, -0.2) is 34.1 Å². The Morgan fingerprint density at radius 2 is 1.91 bits per heavy atom. The second-order valence-electron chi connectivity index (χ2n) is 4.64. The monoisotopic (exact) mass is 370 g/mol. The number of alkyl halides is 3. The molecule has 126 valence electrons. The van der Waals surface area contributed by atoms with Crippen molar-refractivity contribution in [2.75, 3.05) is 0 Å². The summed E-state index contributed by atoms with van der Waals surface area (Å²) in [7, 11) is -5.70. The van der Waals surface area contributed by atoms with E-state index in [9.17, 15) is 26.0 Å². The molecule has 0 aliphatic rings. The Bertz CT molecular complexity index is 818. The number of tetrazole rings is 1. The van der Waals surface area contributed by atoms with Gasteiger partial charge in [-0.3, -0.25) is 0 Å². The van der Waals surface area contributed by atoms with E-state index in [1.165, 1.54) is 4.68 Å². The SMILES string of the molecule is CC(C)n1nnnc1Sc1ccc(F)cc1S(=O)(=O)C(F)(F)F. The molecule has 0 atom stereocenters. The molecule has 0 amide bonds. The third kappa shape index (κ3) is 3.47. The van der Waals surface area contributed by atoms with Gasteiger partial charge in [-0.2, -0.15) is 13.2 Å². The molecule has 0 N–H and O–H groups in total. The molecule has 2 rings (SSSR count). The molecule has 0 unspecified atom stereocenters. The van der Waals surface area contributed by atoms with Crippen molar-refractivity contribution in [3.63, 3.8) is 0 Å². The highest BCUT2D eigenvalue weighted by Crippen LogP contribution is 2.38. The normalized spacial score (nSPS) is 12.8. The highest BCUT2D eigenvalue weighted by atomic mass is 32.2. The average molecular weight is 370 g/mol. The van der Waals surface area contributed by atoms with Gasteiger partial charge >= 0.3 is 5.51 Å². The van der Waals surface area contributed by atoms with Gasteiger partial charge in [-0.05, 0) is 54.2 Å². The van der Waals surface area contributed by atoms with Crippen molar-refractivity contribution in [1.82, 2.24) is 20.2 Å². The summed E-state index contributed by atoms with van der Waals surface area (Å²) in [6.45, 7) is 3.47. The molecule has 0 bridgehead atoms. The summed E-state index contributed by atoms with van der Waals surface area (Å²) in [5.74, 6) is -1.10. The Hall–Kier alpha value is -1.69. The van der Waals surface area contributed by atoms with Gasteiger partial charge in [-0.1, -0.05) is 0 Å². The van der Waals surface area contributed by atoms with Crippen LogP contribution in [0.2, 0.25) is 0 Å². The van der Waals surface area contributed by atoms with E-state index in [4.69, 9.17) is 0 Å². The minimum atomic E-state index is -5.70. The first-order valence-electron chi connectivity index (χ1n) is 6.10. The lowest BCUT2D eigenvalue weighted by molar-refractivity contribution is -0.0437. The number of sulfone groups is 1. The van der Waals surface area contributed by atoms with Gasteiger partial charge in [0.05, 0.1) is 10.9 Å². The van der Waals surface area contributed by atoms with Gasteiger partial charge in [0.1, 0.15) is 5.82 Å². The van der Waals surface area contributed by atoms with Gasteiger partial charge in [0.15, 0.2) is 0 Å². The Kier molecular flexibility index (Phi) is 4.66. The van der Waals surface area contributed by atoms with Crippen LogP contribution in [0.5, 0.6) is 0 Å². The van der Waals surface area contributed by atoms with Crippen molar-refractivity contribution in [3.8, 4) is 0 Å². The van der Waals surface area contributed by atoms with E-state index in [-0.39, 0.29) is 16.1 Å². The predicted octanol–water partition coefficient (Wildman–Crippen LogP) is 2.84. The van der Waals surface area contributed by atoms with E-state index in [1.807, 2.05) is 0 Å². The molecule has 0 aliphatic heterocycles. The summed E-state index contributed by atoms with van der Waals surface area (Å²) in [6, 6.07) is 1.93. The third-order valence-electron chi connectivity index (χ3n) is 2.65. The molecule has 2 aromatic rings. The molecule has 12 heteroatoms. The Morgan fingerprint density at radius 3 is 2.48 bits per heavy atom. The standard InChI is InChI=1S/C11H10F4N4O2S2/c1-6(2)19-10(16-17-18-19)22-8-4-3-7(12)5-9(8)23(20,21)11(13,14)15/h3-6H,1-2H3. The molecule has 23 heavy (non-hydrogen) atoms. The number of nitrogens with zero attached hydrogens (tertiary/aromatic N) is 4. The zero-order valence-electron chi connectivity index (χ0n) is 11.7. The van der Waals surface area contributed by atoms with Crippen LogP contribution in [0.25, 0.3) is 0 Å². The summed E-state index contributed by atoms with van der Waals surface area (Å²) in [4.78, 5) is -1.49. The molecule has 0 spiro atoms. The zero-order chi connectivity index (χ0) is 17.4. The van der Waals surface area contributed by atoms with Crippen LogP contribution >= 0.6 is 11.8 Å². The molecule has 0 aliphatic carbocycles. The summed E-state index contributed by atoms with van der Waals surface area (Å²) >= 11 is 0.609. The van der Waals surface area contributed by atoms with Crippen LogP contribution in [0.3, 0.4) is 0 Å². The van der Waals surface area contributed by atoms with Crippen molar-refractivity contribution in [2.45, 2.75) is 40.3 Å². The van der Waals surface area contributed by atoms with Crippen LogP contribution in [0, 0.1) is 5.82 Å². The number of aromatic nitrogens is 4. The first-order valence-corrected chi connectivity index (χ1v) is 8.40. The van der Waals surface area contributed by atoms with Gasteiger partial charge in [-0.15, -0.1) is 5.10 Å². The minimum Gasteiger partial charge on any atom is -0.218 e. The number of benzene rings is 1. The maximum atomic E-state index is 13.3. The fourth-order valence-corrected chi connectivity index (χ4v) is 3.79. The fourth-order valence-electron chi connectivity index (χ4n) is 1.58. The van der Waals surface area contributed by atoms with E-state index in [0.29, 0.717) is 17.8 Å². The van der Waals surface area contributed by atoms with Crippen molar-refractivity contribution in [2.24, 2.45) is 0 Å². The molecule has 6 nitrogen and oxygen atoms in total. The molecule has 1 heterocycles. The second kappa shape index (κ2) is 6.07. The Balaban J connectivity index is 2.55. The summed E-state index contributed by atoms with van der Waals surface area (Å²) in [6.07, 6.45) is 0. The van der Waals surface area contributed by atoms with Crippen LogP contribution in [-0.2, 0) is 9.84 Å². The minimum absolute atomic E-state index is 0.0882. The van der Waals surface area contributed by atoms with E-state index >= 15 is 0 Å². The lowest BCUT2D eigenvalue weighted by Gasteiger charge is -2.13. The molecule has 0 fully saturated rings. The molecule has 1 aromatic carbocycles. The highest BCUT2D eigenvalue weighted by Gasteiger charge is 2.48. The van der Waals surface area contributed by atoms with E-state index in [1.54, 1.807) is 13.8 Å². The van der Waals surface area contributed by atoms with Gasteiger partial charge in [0, 0.05) is 4.90 Å². The summed E-state index contributed by atoms with van der Waals surface area (Å²) < 4.78 is 76.0. The quantitative estimate of drug-likeness (QED) is 0.770. The largest absolute Gasteiger partial charge is 0.501 e. The average Bonchev–Trinajstić information content (AvgIpc) is 2.87. The lowest BCUT2D eigenvalue weighted by atomic mass is 10.3. The van der Waals surface area contributed by atoms with Crippen molar-refractivity contribution in [3.05, 3.63) is 24.0 Å². The maximum absolute atomic E-state index is 13.3. The molecular formula is C11H10F4N4O2S2. The Morgan fingerprint density at radius 1 is 1.26 bits per heavy atom. The van der Waals surface area contributed by atoms with Crippen LogP contribution < -0.4 is 0 Å². The lowest BCUT2D eigenvalue weighted by Crippen LogP contribution is -2.24. The van der Waals surface area contributed by atoms with Crippen LogP contribution in [0.4, 0.5) is 17.6 Å². The first kappa shape index (κ1) is 17.7. The van der Waals surface area contributed by atoms with Crippen molar-refractivity contribution in [1.29, 1.82) is 0 Å². The molecule has 0 saturated heterocycles. The van der Waals surface area contributed by atoms with E-state index in [2.05, 4.69) is 15.5 Å². The Labute approximate surface area is 132 Å². The van der Waals surface area contributed by atoms with Gasteiger partial charge in [0.25, 0.3) is 9.84 Å². The number of halogens is 4. The van der Waals surface area contributed by atoms with Crippen LogP contribution in [0.1, 0.15) is 19.9 Å². The van der Waals surface area contributed by atoms with E-state index < -0.39 is 26.1 Å². The van der Waals surface area contributed by atoms with Crippen molar-refractivity contribution < 1.29 is 26.0 Å². The fraction of sp³-hybridized carbons (Fsp3) is 0.364. The number of hydrogen-bond acceptors (Lipinski definition) is 6. The molecular weight excluding hydrogens is 360 g/mol. The third-order valence-corrected chi connectivity index (χ3v) is 5.34. The predicted molar refractivity (Wildman–Crippen MR) is 72.0 cm³/mol. The molecule has 1 aromatic heterocycles. The summed E-state index contributed by atoms with van der Waals surface area (Å²) in [5.41, 5.74) is -5.54. The smallest absolute Gasteiger partial charge is 0.218 e. The second-order valence-corrected chi connectivity index (χ2v) is 7.56. The maximum Gasteiger partial charge on any atom is 0.501 e. The highest BCUT2D eigenvalue weighted by molar-refractivity contribution is 8.00. The van der Waals surface area contributed by atoms with Gasteiger partial charge < -0.3 is 0 Å². The zero-order valence-corrected chi connectivity index (χ0v) is 13.4. The van der Waals surface area contributed by atoms with E-state index in [0.717, 1.165) is 12.1 Å². The van der Waals surface area contributed by atoms with Gasteiger partial charge in [0.2, 0.25) is 5.16 Å². The van der Waals surface area contributed by atoms with Gasteiger partial charge in [-0.25, -0.2) is 17.5 Å². The summed E-state index contributed by atoms with van der Waals surface area (Å²) in [5, 5.41) is 10.8.